The second-order valence-corrected chi connectivity index (χ2v) is 13.8. The molecule has 5 rings (SSSR count). The van der Waals surface area contributed by atoms with Gasteiger partial charge in [0, 0.05) is 43.7 Å². The Kier molecular flexibility index (Phi) is 9.67. The number of aliphatic hydroxyl groups excluding tert-OH is 1. The molecule has 6 atom stereocenters. The van der Waals surface area contributed by atoms with Crippen molar-refractivity contribution < 1.29 is 19.5 Å². The van der Waals surface area contributed by atoms with Crippen LogP contribution in [0.25, 0.3) is 10.8 Å². The Morgan fingerprint density at radius 2 is 1.81 bits per heavy atom. The fraction of sp³-hybridized carbons (Fsp3) is 0.514. The lowest BCUT2D eigenvalue weighted by atomic mass is 9.65. The van der Waals surface area contributed by atoms with Crippen LogP contribution in [-0.4, -0.2) is 81.5 Å². The summed E-state index contributed by atoms with van der Waals surface area (Å²) in [5, 5.41) is 11.5. The number of nitrogens with zero attached hydrogens (tertiary/aromatic N) is 3. The molecule has 3 aliphatic heterocycles. The lowest BCUT2D eigenvalue weighted by Crippen LogP contribution is -2.57. The minimum absolute atomic E-state index is 0.000911. The highest BCUT2D eigenvalue weighted by Gasteiger charge is 2.76. The summed E-state index contributed by atoms with van der Waals surface area (Å²) >= 11 is 1.72. The van der Waals surface area contributed by atoms with Crippen LogP contribution in [0.2, 0.25) is 0 Å². The van der Waals surface area contributed by atoms with E-state index in [1.807, 2.05) is 54.3 Å². The van der Waals surface area contributed by atoms with Crippen molar-refractivity contribution >= 4 is 45.9 Å². The zero-order chi connectivity index (χ0) is 30.7. The maximum atomic E-state index is 14.9. The SMILES string of the molecule is C=CCN(CCC)C(=O)[C@@H]1[C@@H]2CC(C)C3(S2)C(C(=O)N(CC=C)c2ccc4ccccc4c2)N(CCCCCO)C(=O)[C@H]13. The summed E-state index contributed by atoms with van der Waals surface area (Å²) < 4.78 is -0.682. The predicted octanol–water partition coefficient (Wildman–Crippen LogP) is 5.28. The van der Waals surface area contributed by atoms with Crippen molar-refractivity contribution in [3.63, 3.8) is 0 Å². The van der Waals surface area contributed by atoms with E-state index >= 15 is 0 Å². The first-order valence-electron chi connectivity index (χ1n) is 15.7. The molecule has 43 heavy (non-hydrogen) atoms. The number of rotatable bonds is 14. The van der Waals surface area contributed by atoms with Crippen molar-refractivity contribution in [3.05, 3.63) is 67.8 Å². The molecule has 0 aliphatic carbocycles. The van der Waals surface area contributed by atoms with Gasteiger partial charge in [0.2, 0.25) is 11.8 Å². The molecule has 0 saturated carbocycles. The van der Waals surface area contributed by atoms with Crippen LogP contribution < -0.4 is 4.90 Å². The van der Waals surface area contributed by atoms with Crippen LogP contribution in [-0.2, 0) is 14.4 Å². The van der Waals surface area contributed by atoms with Crippen molar-refractivity contribution in [2.75, 3.05) is 37.7 Å². The molecule has 7 nitrogen and oxygen atoms in total. The summed E-state index contributed by atoms with van der Waals surface area (Å²) in [6.45, 7) is 13.9. The number of benzene rings is 2. The maximum Gasteiger partial charge on any atom is 0.251 e. The van der Waals surface area contributed by atoms with Crippen molar-refractivity contribution in [3.8, 4) is 0 Å². The first-order chi connectivity index (χ1) is 20.8. The van der Waals surface area contributed by atoms with Gasteiger partial charge in [0.15, 0.2) is 0 Å². The van der Waals surface area contributed by atoms with E-state index in [1.54, 1.807) is 33.7 Å². The van der Waals surface area contributed by atoms with E-state index < -0.39 is 22.6 Å². The molecule has 3 unspecified atom stereocenters. The first kappa shape index (κ1) is 31.3. The van der Waals surface area contributed by atoms with E-state index in [0.29, 0.717) is 39.0 Å². The minimum Gasteiger partial charge on any atom is -0.396 e. The number of carbonyl (C=O) groups excluding carboxylic acids is 3. The third kappa shape index (κ3) is 5.42. The Balaban J connectivity index is 1.57. The van der Waals surface area contributed by atoms with Gasteiger partial charge >= 0.3 is 0 Å². The van der Waals surface area contributed by atoms with E-state index in [0.717, 1.165) is 35.7 Å². The molecule has 3 aliphatic rings. The average Bonchev–Trinajstić information content (AvgIpc) is 3.60. The summed E-state index contributed by atoms with van der Waals surface area (Å²) in [4.78, 5) is 49.0. The normalized spacial score (nSPS) is 27.4. The van der Waals surface area contributed by atoms with Gasteiger partial charge in [0.05, 0.1) is 16.6 Å². The van der Waals surface area contributed by atoms with Crippen LogP contribution in [0.3, 0.4) is 0 Å². The zero-order valence-electron chi connectivity index (χ0n) is 25.5. The van der Waals surface area contributed by atoms with Crippen LogP contribution in [0, 0.1) is 17.8 Å². The molecule has 3 saturated heterocycles. The molecule has 2 aromatic carbocycles. The molecule has 3 amide bonds. The Bertz CT molecular complexity index is 1380. The van der Waals surface area contributed by atoms with Crippen LogP contribution in [0.4, 0.5) is 5.69 Å². The quantitative estimate of drug-likeness (QED) is 0.235. The molecule has 3 fully saturated rings. The summed E-state index contributed by atoms with van der Waals surface area (Å²) in [7, 11) is 0. The minimum atomic E-state index is -0.688. The topological polar surface area (TPSA) is 81.2 Å². The van der Waals surface area contributed by atoms with Crippen LogP contribution in [0.15, 0.2) is 67.8 Å². The highest BCUT2D eigenvalue weighted by atomic mass is 32.2. The molecule has 0 aromatic heterocycles. The Hall–Kier alpha value is -3.10. The van der Waals surface area contributed by atoms with Gasteiger partial charge in [-0.05, 0) is 60.9 Å². The van der Waals surface area contributed by atoms with Crippen molar-refractivity contribution in [1.29, 1.82) is 0 Å². The number of likely N-dealkylation sites (tertiary alicyclic amines) is 1. The van der Waals surface area contributed by atoms with Gasteiger partial charge in [-0.3, -0.25) is 14.4 Å². The number of anilines is 1. The standard InChI is InChI=1S/C35H45N3O4S/c1-5-17-36(18-6-2)32(40)29-28-22-24(4)35(43-28)30(29)33(41)38(20-11-8-12-21-39)31(35)34(42)37(19-7-3)27-16-15-25-13-9-10-14-26(25)23-27/h5,7,9-10,13-16,23-24,28-31,39H,1,3,6,8,11-12,17-22H2,2,4H3/t24?,28-,29+,30-,31?,35?/m0/s1. The molecule has 1 N–H and O–H groups in total. The van der Waals surface area contributed by atoms with Gasteiger partial charge in [-0.25, -0.2) is 0 Å². The lowest BCUT2D eigenvalue weighted by Gasteiger charge is -2.41. The van der Waals surface area contributed by atoms with Gasteiger partial charge in [-0.2, -0.15) is 0 Å². The van der Waals surface area contributed by atoms with Gasteiger partial charge < -0.3 is 19.8 Å². The third-order valence-corrected chi connectivity index (χ3v) is 11.7. The molecule has 8 heteroatoms. The number of hydrogen-bond acceptors (Lipinski definition) is 5. The summed E-state index contributed by atoms with van der Waals surface area (Å²) in [6, 6.07) is 13.4. The summed E-state index contributed by atoms with van der Waals surface area (Å²) in [5.74, 6) is -1.08. The number of thioether (sulfide) groups is 1. The number of unbranched alkanes of at least 4 members (excludes halogenated alkanes) is 2. The third-order valence-electron chi connectivity index (χ3n) is 9.60. The van der Waals surface area contributed by atoms with Gasteiger partial charge in [-0.1, -0.05) is 56.3 Å². The fourth-order valence-electron chi connectivity index (χ4n) is 7.76. The highest BCUT2D eigenvalue weighted by molar-refractivity contribution is 8.02. The lowest BCUT2D eigenvalue weighted by molar-refractivity contribution is -0.144. The van der Waals surface area contributed by atoms with Crippen molar-refractivity contribution in [2.24, 2.45) is 17.8 Å². The molecule has 2 aromatic rings. The van der Waals surface area contributed by atoms with E-state index in [4.69, 9.17) is 0 Å². The molecule has 1 spiro atoms. The number of aliphatic hydroxyl groups is 1. The number of carbonyl (C=O) groups is 3. The Morgan fingerprint density at radius 3 is 2.51 bits per heavy atom. The van der Waals surface area contributed by atoms with Crippen LogP contribution in [0.1, 0.15) is 46.0 Å². The van der Waals surface area contributed by atoms with Crippen LogP contribution in [0.5, 0.6) is 0 Å². The summed E-state index contributed by atoms with van der Waals surface area (Å²) in [6.07, 6.45) is 7.21. The highest BCUT2D eigenvalue weighted by Crippen LogP contribution is 2.69. The summed E-state index contributed by atoms with van der Waals surface area (Å²) in [5.41, 5.74) is 0.772. The number of amides is 3. The second-order valence-electron chi connectivity index (χ2n) is 12.2. The molecular weight excluding hydrogens is 558 g/mol. The van der Waals surface area contributed by atoms with Crippen molar-refractivity contribution in [1.82, 2.24) is 9.80 Å². The van der Waals surface area contributed by atoms with Crippen LogP contribution >= 0.6 is 11.8 Å². The Labute approximate surface area is 260 Å². The average molecular weight is 604 g/mol. The second kappa shape index (κ2) is 13.3. The monoisotopic (exact) mass is 603 g/mol. The van der Waals surface area contributed by atoms with E-state index in [-0.39, 0.29) is 35.5 Å². The number of hydrogen-bond donors (Lipinski definition) is 1. The molecular formula is C35H45N3O4S. The molecule has 2 bridgehead atoms. The van der Waals surface area contributed by atoms with E-state index in [2.05, 4.69) is 20.1 Å². The number of fused-ring (bicyclic) bond motifs is 2. The Morgan fingerprint density at radius 1 is 1.07 bits per heavy atom. The van der Waals surface area contributed by atoms with Gasteiger partial charge in [0.1, 0.15) is 6.04 Å². The first-order valence-corrected chi connectivity index (χ1v) is 16.6. The zero-order valence-corrected chi connectivity index (χ0v) is 26.3. The van der Waals surface area contributed by atoms with Gasteiger partial charge in [-0.15, -0.1) is 24.9 Å². The van der Waals surface area contributed by atoms with Crippen molar-refractivity contribution in [2.45, 2.75) is 62.0 Å². The largest absolute Gasteiger partial charge is 0.396 e. The fourth-order valence-corrected chi connectivity index (χ4v) is 10.2. The predicted molar refractivity (Wildman–Crippen MR) is 175 cm³/mol. The van der Waals surface area contributed by atoms with E-state index in [1.165, 1.54) is 0 Å². The van der Waals surface area contributed by atoms with E-state index in [9.17, 15) is 19.5 Å². The smallest absolute Gasteiger partial charge is 0.251 e. The molecule has 0 radical (unpaired) electrons. The molecule has 3 heterocycles. The maximum absolute atomic E-state index is 14.9. The van der Waals surface area contributed by atoms with Gasteiger partial charge in [0.25, 0.3) is 5.91 Å². The molecule has 230 valence electrons.